The number of rotatable bonds is 6. The zero-order chi connectivity index (χ0) is 22.2. The lowest BCUT2D eigenvalue weighted by atomic mass is 9.76. The molecule has 7 heteroatoms. The summed E-state index contributed by atoms with van der Waals surface area (Å²) in [7, 11) is 3.29. The van der Waals surface area contributed by atoms with Crippen molar-refractivity contribution >= 4 is 34.7 Å². The van der Waals surface area contributed by atoms with Crippen LogP contribution >= 0.6 is 23.2 Å². The number of anilines is 1. The molecular formula is C24H28Cl2N2O3. The van der Waals surface area contributed by atoms with E-state index in [2.05, 4.69) is 9.80 Å². The summed E-state index contributed by atoms with van der Waals surface area (Å²) in [4.78, 5) is 18.1. The Bertz CT molecular complexity index is 991. The van der Waals surface area contributed by atoms with Gasteiger partial charge in [0.15, 0.2) is 17.3 Å². The first-order valence-electron chi connectivity index (χ1n) is 10.6. The number of hydrogen-bond acceptors (Lipinski definition) is 5. The zero-order valence-electron chi connectivity index (χ0n) is 18.2. The normalized spacial score (nSPS) is 21.1. The molecule has 1 saturated heterocycles. The number of methoxy groups -OCH3 is 2. The Morgan fingerprint density at radius 2 is 1.77 bits per heavy atom. The standard InChI is InChI=1S/C24H28Cl2N2O3/c1-16(29)24(15-27-11-4-5-12-27)19-7-9-22(30-2)23(31-3)18(19)10-13-28(24)17-6-8-20(25)21(26)14-17/h6-9,14H,4-5,10-13,15H2,1-3H3. The second-order valence-electron chi connectivity index (χ2n) is 8.23. The minimum atomic E-state index is -0.853. The van der Waals surface area contributed by atoms with E-state index in [9.17, 15) is 4.79 Å². The van der Waals surface area contributed by atoms with Gasteiger partial charge in [-0.2, -0.15) is 0 Å². The Morgan fingerprint density at radius 1 is 1.03 bits per heavy atom. The zero-order valence-corrected chi connectivity index (χ0v) is 19.7. The summed E-state index contributed by atoms with van der Waals surface area (Å²) >= 11 is 12.6. The van der Waals surface area contributed by atoms with Crippen LogP contribution in [0.3, 0.4) is 0 Å². The van der Waals surface area contributed by atoms with Crippen LogP contribution in [0.4, 0.5) is 5.69 Å². The van der Waals surface area contributed by atoms with Crippen LogP contribution in [0.2, 0.25) is 10.0 Å². The van der Waals surface area contributed by atoms with E-state index in [1.165, 1.54) is 0 Å². The van der Waals surface area contributed by atoms with Crippen LogP contribution in [0, 0.1) is 0 Å². The van der Waals surface area contributed by atoms with Crippen molar-refractivity contribution < 1.29 is 14.3 Å². The Morgan fingerprint density at radius 3 is 2.39 bits per heavy atom. The predicted octanol–water partition coefficient (Wildman–Crippen LogP) is 4.95. The maximum absolute atomic E-state index is 13.6. The molecular weight excluding hydrogens is 435 g/mol. The molecule has 1 atom stereocenters. The largest absolute Gasteiger partial charge is 0.493 e. The van der Waals surface area contributed by atoms with Crippen molar-refractivity contribution in [3.05, 3.63) is 51.5 Å². The molecule has 166 valence electrons. The van der Waals surface area contributed by atoms with Crippen LogP contribution in [-0.4, -0.2) is 51.1 Å². The summed E-state index contributed by atoms with van der Waals surface area (Å²) in [6, 6.07) is 9.53. The minimum Gasteiger partial charge on any atom is -0.493 e. The molecule has 0 aromatic heterocycles. The molecule has 1 fully saturated rings. The average Bonchev–Trinajstić information content (AvgIpc) is 3.27. The molecule has 2 aliphatic rings. The third kappa shape index (κ3) is 3.77. The molecule has 2 aromatic rings. The number of nitrogens with zero attached hydrogens (tertiary/aromatic N) is 2. The van der Waals surface area contributed by atoms with Crippen molar-refractivity contribution in [1.82, 2.24) is 4.90 Å². The minimum absolute atomic E-state index is 0.0960. The maximum atomic E-state index is 13.6. The smallest absolute Gasteiger partial charge is 0.164 e. The first kappa shape index (κ1) is 22.3. The molecule has 0 spiro atoms. The van der Waals surface area contributed by atoms with E-state index in [1.807, 2.05) is 24.3 Å². The van der Waals surface area contributed by atoms with Gasteiger partial charge in [0.1, 0.15) is 5.54 Å². The van der Waals surface area contributed by atoms with E-state index < -0.39 is 5.54 Å². The molecule has 0 bridgehead atoms. The molecule has 31 heavy (non-hydrogen) atoms. The van der Waals surface area contributed by atoms with Crippen molar-refractivity contribution in [2.75, 3.05) is 45.3 Å². The van der Waals surface area contributed by atoms with Crippen molar-refractivity contribution in [3.8, 4) is 11.5 Å². The topological polar surface area (TPSA) is 42.0 Å². The van der Waals surface area contributed by atoms with Crippen LogP contribution in [0.25, 0.3) is 0 Å². The number of fused-ring (bicyclic) bond motifs is 1. The number of Topliss-reactive ketones (excluding diaryl/α,β-unsaturated/α-hetero) is 1. The maximum Gasteiger partial charge on any atom is 0.164 e. The number of ether oxygens (including phenoxy) is 2. The highest BCUT2D eigenvalue weighted by Gasteiger charge is 2.49. The van der Waals surface area contributed by atoms with Gasteiger partial charge in [-0.25, -0.2) is 0 Å². The van der Waals surface area contributed by atoms with Crippen LogP contribution in [0.15, 0.2) is 30.3 Å². The second-order valence-corrected chi connectivity index (χ2v) is 9.04. The lowest BCUT2D eigenvalue weighted by Gasteiger charge is -2.50. The van der Waals surface area contributed by atoms with Gasteiger partial charge < -0.3 is 19.3 Å². The van der Waals surface area contributed by atoms with Crippen LogP contribution < -0.4 is 14.4 Å². The molecule has 2 heterocycles. The molecule has 1 unspecified atom stereocenters. The molecule has 4 rings (SSSR count). The van der Waals surface area contributed by atoms with E-state index in [0.29, 0.717) is 34.6 Å². The van der Waals surface area contributed by atoms with E-state index in [0.717, 1.165) is 49.2 Å². The van der Waals surface area contributed by atoms with E-state index in [4.69, 9.17) is 32.7 Å². The summed E-state index contributed by atoms with van der Waals surface area (Å²) in [5.74, 6) is 1.49. The molecule has 0 N–H and O–H groups in total. The van der Waals surface area contributed by atoms with Crippen LogP contribution in [0.1, 0.15) is 30.9 Å². The van der Waals surface area contributed by atoms with Gasteiger partial charge in [-0.3, -0.25) is 4.79 Å². The highest BCUT2D eigenvalue weighted by atomic mass is 35.5. The highest BCUT2D eigenvalue weighted by molar-refractivity contribution is 6.42. The van der Waals surface area contributed by atoms with Crippen molar-refractivity contribution in [2.24, 2.45) is 0 Å². The quantitative estimate of drug-likeness (QED) is 0.606. The number of carbonyl (C=O) groups is 1. The summed E-state index contributed by atoms with van der Waals surface area (Å²) < 4.78 is 11.3. The number of ketones is 1. The Hall–Kier alpha value is -1.95. The second kappa shape index (κ2) is 8.89. The van der Waals surface area contributed by atoms with Crippen molar-refractivity contribution in [1.29, 1.82) is 0 Å². The third-order valence-electron chi connectivity index (χ3n) is 6.59. The lowest BCUT2D eigenvalue weighted by Crippen LogP contribution is -2.60. The van der Waals surface area contributed by atoms with Gasteiger partial charge in [0, 0.05) is 24.3 Å². The van der Waals surface area contributed by atoms with Gasteiger partial charge in [0.2, 0.25) is 0 Å². The Kier molecular flexibility index (Phi) is 6.38. The summed E-state index contributed by atoms with van der Waals surface area (Å²) in [5, 5.41) is 0.984. The van der Waals surface area contributed by atoms with E-state index in [-0.39, 0.29) is 5.78 Å². The van der Waals surface area contributed by atoms with Gasteiger partial charge in [0.25, 0.3) is 0 Å². The molecule has 0 radical (unpaired) electrons. The Balaban J connectivity index is 1.94. The fraction of sp³-hybridized carbons (Fsp3) is 0.458. The van der Waals surface area contributed by atoms with Crippen molar-refractivity contribution in [3.63, 3.8) is 0 Å². The third-order valence-corrected chi connectivity index (χ3v) is 7.33. The SMILES string of the molecule is COc1ccc2c(c1OC)CCN(c1ccc(Cl)c(Cl)c1)C2(CN1CCCC1)C(C)=O. The monoisotopic (exact) mass is 462 g/mol. The summed E-state index contributed by atoms with van der Waals surface area (Å²) in [6.07, 6.45) is 3.03. The van der Waals surface area contributed by atoms with Gasteiger partial charge in [0.05, 0.1) is 24.3 Å². The first-order chi connectivity index (χ1) is 14.9. The molecule has 0 amide bonds. The molecule has 2 aromatic carbocycles. The number of benzene rings is 2. The molecule has 0 saturated carbocycles. The Labute approximate surface area is 193 Å². The van der Waals surface area contributed by atoms with Crippen LogP contribution in [-0.2, 0) is 16.8 Å². The summed E-state index contributed by atoms with van der Waals surface area (Å²) in [5.41, 5.74) is 2.05. The van der Waals surface area contributed by atoms with E-state index >= 15 is 0 Å². The van der Waals surface area contributed by atoms with Crippen LogP contribution in [0.5, 0.6) is 11.5 Å². The number of likely N-dealkylation sites (tertiary alicyclic amines) is 1. The predicted molar refractivity (Wildman–Crippen MR) is 125 cm³/mol. The number of hydrogen-bond donors (Lipinski definition) is 0. The fourth-order valence-corrected chi connectivity index (χ4v) is 5.41. The average molecular weight is 463 g/mol. The van der Waals surface area contributed by atoms with E-state index in [1.54, 1.807) is 27.2 Å². The highest BCUT2D eigenvalue weighted by Crippen LogP contribution is 2.47. The van der Waals surface area contributed by atoms with Gasteiger partial charge in [-0.1, -0.05) is 29.3 Å². The number of carbonyl (C=O) groups excluding carboxylic acids is 1. The van der Waals surface area contributed by atoms with Gasteiger partial charge >= 0.3 is 0 Å². The molecule has 0 aliphatic carbocycles. The number of halogens is 2. The van der Waals surface area contributed by atoms with Crippen molar-refractivity contribution in [2.45, 2.75) is 31.7 Å². The molecule has 2 aliphatic heterocycles. The first-order valence-corrected chi connectivity index (χ1v) is 11.4. The summed E-state index contributed by atoms with van der Waals surface area (Å²) in [6.45, 7) is 4.94. The van der Waals surface area contributed by atoms with Gasteiger partial charge in [-0.05, 0) is 69.1 Å². The molecule has 5 nitrogen and oxygen atoms in total. The lowest BCUT2D eigenvalue weighted by molar-refractivity contribution is -0.123. The fourth-order valence-electron chi connectivity index (χ4n) is 5.11. The van der Waals surface area contributed by atoms with Gasteiger partial charge in [-0.15, -0.1) is 0 Å².